The molecule has 0 atom stereocenters. The van der Waals surface area contributed by atoms with Gasteiger partial charge < -0.3 is 22.1 Å². The molecule has 62 valence electrons. The molecule has 0 fully saturated rings. The van der Waals surface area contributed by atoms with Crippen molar-refractivity contribution in [2.75, 3.05) is 0 Å². The van der Waals surface area contributed by atoms with E-state index in [0.717, 1.165) is 5.56 Å². The molecule has 0 heterocycles. The maximum absolute atomic E-state index is 11.3. The van der Waals surface area contributed by atoms with Crippen LogP contribution in [0.3, 0.4) is 0 Å². The minimum Gasteiger partial charge on any atom is -1.00 e. The van der Waals surface area contributed by atoms with E-state index in [1.807, 2.05) is 30.3 Å². The Morgan fingerprint density at radius 3 is 1.75 bits per heavy atom. The third-order valence-corrected chi connectivity index (χ3v) is 1.47. The van der Waals surface area contributed by atoms with Crippen LogP contribution in [-0.4, -0.2) is 23.1 Å². The van der Waals surface area contributed by atoms with Crippen LogP contribution in [0.4, 0.5) is 0 Å². The van der Waals surface area contributed by atoms with E-state index in [4.69, 9.17) is 0 Å². The molecule has 0 bridgehead atoms. The van der Waals surface area contributed by atoms with Gasteiger partial charge in [-0.1, -0.05) is 55.3 Å². The van der Waals surface area contributed by atoms with E-state index in [9.17, 15) is 5.11 Å². The summed E-state index contributed by atoms with van der Waals surface area (Å²) in [6.45, 7) is 3.34. The van der Waals surface area contributed by atoms with Crippen LogP contribution in [0.15, 0.2) is 30.3 Å². The molecule has 0 unspecified atom stereocenters. The summed E-state index contributed by atoms with van der Waals surface area (Å²) >= 11 is 0. The molecule has 0 spiro atoms. The fourth-order valence-electron chi connectivity index (χ4n) is 0.840. The van der Waals surface area contributed by atoms with Crippen molar-refractivity contribution < 1.29 is 22.1 Å². The standard InChI is InChI=1S/C9H11O.BrH.Mg/c1-9(2,10)8-6-4-3-5-7-8;;/h3-7H,1-2H3;1H;/q-1;;+2/p-1. The summed E-state index contributed by atoms with van der Waals surface area (Å²) in [5.41, 5.74) is -0.114. The van der Waals surface area contributed by atoms with Crippen molar-refractivity contribution >= 4 is 23.1 Å². The van der Waals surface area contributed by atoms with Crippen molar-refractivity contribution in [2.45, 2.75) is 19.4 Å². The SMILES string of the molecule is CC(C)([O-])c1ccccc1.[Br-].[Mg+2]. The van der Waals surface area contributed by atoms with Gasteiger partial charge in [0.25, 0.3) is 0 Å². The molecule has 0 aromatic heterocycles. The van der Waals surface area contributed by atoms with Gasteiger partial charge in [-0.25, -0.2) is 0 Å². The monoisotopic (exact) mass is 238 g/mol. The van der Waals surface area contributed by atoms with E-state index in [1.165, 1.54) is 0 Å². The molecule has 1 rings (SSSR count). The number of halogens is 1. The molecule has 0 radical (unpaired) electrons. The second kappa shape index (κ2) is 5.97. The van der Waals surface area contributed by atoms with Gasteiger partial charge in [0.2, 0.25) is 0 Å². The molecule has 12 heavy (non-hydrogen) atoms. The zero-order chi connectivity index (χ0) is 7.61. The number of hydrogen-bond donors (Lipinski definition) is 0. The van der Waals surface area contributed by atoms with Crippen molar-refractivity contribution in [3.8, 4) is 0 Å². The molecule has 3 heteroatoms. The fourth-order valence-corrected chi connectivity index (χ4v) is 0.840. The van der Waals surface area contributed by atoms with E-state index >= 15 is 0 Å². The molecular formula is C9H11BrMgO. The van der Waals surface area contributed by atoms with Crippen LogP contribution in [0, 0.1) is 0 Å². The van der Waals surface area contributed by atoms with Crippen LogP contribution < -0.4 is 22.1 Å². The smallest absolute Gasteiger partial charge is 1.00 e. The summed E-state index contributed by atoms with van der Waals surface area (Å²) in [6, 6.07) is 9.39. The molecule has 1 nitrogen and oxygen atoms in total. The maximum Gasteiger partial charge on any atom is 2.00 e. The molecule has 0 amide bonds. The molecular weight excluding hydrogens is 228 g/mol. The molecule has 1 aromatic carbocycles. The number of benzene rings is 1. The van der Waals surface area contributed by atoms with Gasteiger partial charge in [-0.2, -0.15) is 0 Å². The molecule has 0 saturated heterocycles. The predicted octanol–water partition coefficient (Wildman–Crippen LogP) is -2.09. The minimum absolute atomic E-state index is 0. The first-order chi connectivity index (χ1) is 4.61. The molecule has 0 aliphatic carbocycles. The summed E-state index contributed by atoms with van der Waals surface area (Å²) in [7, 11) is 0. The van der Waals surface area contributed by atoms with Crippen molar-refractivity contribution in [1.29, 1.82) is 0 Å². The molecule has 0 aliphatic heterocycles. The summed E-state index contributed by atoms with van der Waals surface area (Å²) in [4.78, 5) is 0. The third kappa shape index (κ3) is 4.45. The van der Waals surface area contributed by atoms with Crippen LogP contribution in [0.2, 0.25) is 0 Å². The van der Waals surface area contributed by atoms with E-state index < -0.39 is 5.60 Å². The first kappa shape index (κ1) is 14.9. The fraction of sp³-hybridized carbons (Fsp3) is 0.333. The predicted molar refractivity (Wildman–Crippen MR) is 45.2 cm³/mol. The van der Waals surface area contributed by atoms with E-state index in [1.54, 1.807) is 13.8 Å². The minimum atomic E-state index is -0.957. The van der Waals surface area contributed by atoms with Gasteiger partial charge >= 0.3 is 23.1 Å². The Bertz CT molecular complexity index is 206. The summed E-state index contributed by atoms with van der Waals surface area (Å²) in [6.07, 6.45) is 0. The first-order valence-electron chi connectivity index (χ1n) is 3.36. The van der Waals surface area contributed by atoms with Gasteiger partial charge in [0, 0.05) is 0 Å². The van der Waals surface area contributed by atoms with Crippen molar-refractivity contribution in [3.63, 3.8) is 0 Å². The second-order valence-electron chi connectivity index (χ2n) is 2.88. The van der Waals surface area contributed by atoms with Crippen LogP contribution in [-0.2, 0) is 5.60 Å². The summed E-state index contributed by atoms with van der Waals surface area (Å²) in [5, 5.41) is 11.3. The van der Waals surface area contributed by atoms with Crippen LogP contribution >= 0.6 is 0 Å². The largest absolute Gasteiger partial charge is 2.00 e. The maximum atomic E-state index is 11.3. The van der Waals surface area contributed by atoms with Crippen LogP contribution in [0.1, 0.15) is 19.4 Å². The van der Waals surface area contributed by atoms with Gasteiger partial charge in [0.05, 0.1) is 0 Å². The van der Waals surface area contributed by atoms with Crippen molar-refractivity contribution in [2.24, 2.45) is 0 Å². The van der Waals surface area contributed by atoms with Crippen LogP contribution in [0.5, 0.6) is 0 Å². The Balaban J connectivity index is 0. The zero-order valence-electron chi connectivity index (χ0n) is 7.38. The Kier molecular flexibility index (Phi) is 7.42. The zero-order valence-corrected chi connectivity index (χ0v) is 10.4. The third-order valence-electron chi connectivity index (χ3n) is 1.47. The van der Waals surface area contributed by atoms with Gasteiger partial charge in [0.1, 0.15) is 0 Å². The Labute approximate surface area is 100 Å². The second-order valence-corrected chi connectivity index (χ2v) is 2.88. The van der Waals surface area contributed by atoms with E-state index in [2.05, 4.69) is 0 Å². The molecule has 0 saturated carbocycles. The number of rotatable bonds is 1. The average Bonchev–Trinajstić information content (AvgIpc) is 1.88. The normalized spacial score (nSPS) is 9.58. The average molecular weight is 239 g/mol. The van der Waals surface area contributed by atoms with Gasteiger partial charge in [-0.3, -0.25) is 0 Å². The van der Waals surface area contributed by atoms with Gasteiger partial charge in [-0.05, 0) is 0 Å². The quantitative estimate of drug-likeness (QED) is 0.515. The number of hydrogen-bond acceptors (Lipinski definition) is 1. The van der Waals surface area contributed by atoms with Crippen LogP contribution in [0.25, 0.3) is 0 Å². The Morgan fingerprint density at radius 2 is 1.50 bits per heavy atom. The molecule has 0 N–H and O–H groups in total. The van der Waals surface area contributed by atoms with Gasteiger partial charge in [-0.15, -0.1) is 0 Å². The van der Waals surface area contributed by atoms with E-state index in [0.29, 0.717) is 0 Å². The Hall–Kier alpha value is 0.426. The summed E-state index contributed by atoms with van der Waals surface area (Å²) < 4.78 is 0. The van der Waals surface area contributed by atoms with Gasteiger partial charge in [0.15, 0.2) is 0 Å². The van der Waals surface area contributed by atoms with Crippen molar-refractivity contribution in [1.82, 2.24) is 0 Å². The van der Waals surface area contributed by atoms with E-state index in [-0.39, 0.29) is 40.0 Å². The Morgan fingerprint density at radius 1 is 1.08 bits per heavy atom. The topological polar surface area (TPSA) is 23.1 Å². The molecule has 0 aliphatic rings. The first-order valence-corrected chi connectivity index (χ1v) is 3.36. The molecule has 1 aromatic rings. The summed E-state index contributed by atoms with van der Waals surface area (Å²) in [5.74, 6) is 0. The van der Waals surface area contributed by atoms with Crippen molar-refractivity contribution in [3.05, 3.63) is 35.9 Å².